The number of phenolic OH excluding ortho intramolecular Hbond substituents is 1. The number of thiazole rings is 1. The van der Waals surface area contributed by atoms with Gasteiger partial charge in [-0.2, -0.15) is 4.80 Å². The summed E-state index contributed by atoms with van der Waals surface area (Å²) < 4.78 is 6.09. The molecule has 13 heteroatoms. The molecule has 0 radical (unpaired) electrons. The van der Waals surface area contributed by atoms with E-state index in [9.17, 15) is 14.7 Å². The number of phenols is 1. The predicted molar refractivity (Wildman–Crippen MR) is 107 cm³/mol. The number of nitrogens with zero attached hydrogens (tertiary/aromatic N) is 6. The first kappa shape index (κ1) is 19.2. The second kappa shape index (κ2) is 7.19. The van der Waals surface area contributed by atoms with Crippen LogP contribution in [0.4, 0.5) is 5.13 Å². The number of aromatic hydroxyl groups is 1. The van der Waals surface area contributed by atoms with E-state index in [1.54, 1.807) is 18.3 Å². The average Bonchev–Trinajstić information content (AvgIpc) is 3.37. The fourth-order valence-corrected chi connectivity index (χ4v) is 4.56. The lowest BCUT2D eigenvalue weighted by atomic mass is 9.97. The Kier molecular flexibility index (Phi) is 4.46. The first-order valence-corrected chi connectivity index (χ1v) is 10.3. The van der Waals surface area contributed by atoms with Crippen LogP contribution in [0.25, 0.3) is 10.7 Å². The molecule has 0 bridgehead atoms. The Labute approximate surface area is 179 Å². The van der Waals surface area contributed by atoms with Gasteiger partial charge in [-0.3, -0.25) is 9.59 Å². The van der Waals surface area contributed by atoms with E-state index >= 15 is 0 Å². The number of piperidine rings is 1. The minimum absolute atomic E-state index is 0.105. The van der Waals surface area contributed by atoms with E-state index in [-0.39, 0.29) is 23.8 Å². The lowest BCUT2D eigenvalue weighted by molar-refractivity contribution is -0.138. The van der Waals surface area contributed by atoms with Gasteiger partial charge in [-0.1, -0.05) is 17.4 Å². The molecule has 1 amide bonds. The van der Waals surface area contributed by atoms with Crippen molar-refractivity contribution in [3.8, 4) is 22.2 Å². The number of hydrogen-bond acceptors (Lipinski definition) is 10. The van der Waals surface area contributed by atoms with E-state index in [1.807, 2.05) is 0 Å². The predicted octanol–water partition coefficient (Wildman–Crippen LogP) is 0.706. The zero-order valence-corrected chi connectivity index (χ0v) is 16.9. The Morgan fingerprint density at radius 3 is 2.90 bits per heavy atom. The fraction of sp³-hybridized carbons (Fsp3) is 0.333. The number of carbonyl (C=O) groups is 2. The summed E-state index contributed by atoms with van der Waals surface area (Å²) in [5.74, 6) is -0.806. The first-order valence-electron chi connectivity index (χ1n) is 9.47. The van der Waals surface area contributed by atoms with Gasteiger partial charge in [-0.15, -0.1) is 10.2 Å². The van der Waals surface area contributed by atoms with Crippen LogP contribution in [0, 0.1) is 0 Å². The molecule has 0 atom stereocenters. The molecule has 5 rings (SSSR count). The van der Waals surface area contributed by atoms with Gasteiger partial charge in [0.15, 0.2) is 17.4 Å². The number of tetrazole rings is 1. The summed E-state index contributed by atoms with van der Waals surface area (Å²) in [7, 11) is 0. The van der Waals surface area contributed by atoms with Gasteiger partial charge in [0.1, 0.15) is 17.1 Å². The molecule has 2 aliphatic heterocycles. The van der Waals surface area contributed by atoms with Gasteiger partial charge in [0.05, 0.1) is 11.1 Å². The average molecular weight is 443 g/mol. The molecule has 2 aliphatic rings. The summed E-state index contributed by atoms with van der Waals surface area (Å²) in [6.45, 7) is 0.834. The quantitative estimate of drug-likeness (QED) is 0.525. The number of rotatable bonds is 4. The van der Waals surface area contributed by atoms with Crippen molar-refractivity contribution >= 4 is 28.3 Å². The van der Waals surface area contributed by atoms with Crippen molar-refractivity contribution < 1.29 is 24.5 Å². The highest BCUT2D eigenvalue weighted by molar-refractivity contribution is 7.18. The van der Waals surface area contributed by atoms with Crippen molar-refractivity contribution in [1.82, 2.24) is 30.5 Å². The van der Waals surface area contributed by atoms with Crippen LogP contribution in [-0.2, 0) is 11.3 Å². The summed E-state index contributed by atoms with van der Waals surface area (Å²) in [6, 6.07) is 4.78. The number of amides is 1. The second-order valence-electron chi connectivity index (χ2n) is 7.23. The number of carbonyl (C=O) groups excluding carboxylic acids is 1. The Hall–Kier alpha value is -3.74. The summed E-state index contributed by atoms with van der Waals surface area (Å²) in [5, 5.41) is 34.1. The molecule has 4 heterocycles. The molecule has 0 aliphatic carbocycles. The van der Waals surface area contributed by atoms with Crippen molar-refractivity contribution in [2.24, 2.45) is 0 Å². The third kappa shape index (κ3) is 3.52. The van der Waals surface area contributed by atoms with E-state index in [0.717, 1.165) is 9.93 Å². The standard InChI is InChI=1S/C18H17N7O5S/c26-10-2-1-3-11-14(10)16(29)20-18(30-11)4-6-24(7-5-18)17-19-8-12(31-17)15-21-23-25(22-15)9-13(27)28/h1-3,8,26H,4-7,9H2,(H,20,29)(H,27,28). The smallest absolute Gasteiger partial charge is 0.327 e. The largest absolute Gasteiger partial charge is 0.507 e. The normalized spacial score (nSPS) is 17.2. The van der Waals surface area contributed by atoms with Gasteiger partial charge < -0.3 is 25.2 Å². The zero-order chi connectivity index (χ0) is 21.6. The molecular weight excluding hydrogens is 426 g/mol. The molecule has 3 N–H and O–H groups in total. The van der Waals surface area contributed by atoms with Crippen LogP contribution >= 0.6 is 11.3 Å². The van der Waals surface area contributed by atoms with Crippen LogP contribution in [0.3, 0.4) is 0 Å². The topological polar surface area (TPSA) is 156 Å². The maximum Gasteiger partial charge on any atom is 0.327 e. The van der Waals surface area contributed by atoms with E-state index in [4.69, 9.17) is 9.84 Å². The summed E-state index contributed by atoms with van der Waals surface area (Å²) in [6.07, 6.45) is 2.70. The maximum absolute atomic E-state index is 12.5. The summed E-state index contributed by atoms with van der Waals surface area (Å²) in [5.41, 5.74) is -0.668. The fourth-order valence-electron chi connectivity index (χ4n) is 3.67. The van der Waals surface area contributed by atoms with Gasteiger partial charge in [0.2, 0.25) is 5.82 Å². The Balaban J connectivity index is 1.28. The molecule has 12 nitrogen and oxygen atoms in total. The summed E-state index contributed by atoms with van der Waals surface area (Å²) >= 11 is 1.38. The molecule has 0 unspecified atom stereocenters. The molecule has 2 aromatic heterocycles. The van der Waals surface area contributed by atoms with Gasteiger partial charge >= 0.3 is 5.97 Å². The number of aliphatic carboxylic acids is 1. The highest BCUT2D eigenvalue weighted by atomic mass is 32.1. The maximum atomic E-state index is 12.5. The molecule has 1 spiro atoms. The number of nitrogens with one attached hydrogen (secondary N) is 1. The number of anilines is 1. The number of fused-ring (bicyclic) bond motifs is 1. The molecule has 1 saturated heterocycles. The van der Waals surface area contributed by atoms with Crippen molar-refractivity contribution in [3.63, 3.8) is 0 Å². The number of benzene rings is 1. The number of hydrogen-bond donors (Lipinski definition) is 3. The minimum atomic E-state index is -1.05. The number of carboxylic acids is 1. The number of carboxylic acid groups (broad SMARTS) is 1. The Morgan fingerprint density at radius 1 is 1.32 bits per heavy atom. The molecule has 3 aromatic rings. The first-order chi connectivity index (χ1) is 14.9. The molecular formula is C18H17N7O5S. The highest BCUT2D eigenvalue weighted by Crippen LogP contribution is 2.38. The van der Waals surface area contributed by atoms with Crippen molar-refractivity contribution in [1.29, 1.82) is 0 Å². The molecule has 1 aromatic carbocycles. The third-order valence-electron chi connectivity index (χ3n) is 5.16. The lowest BCUT2D eigenvalue weighted by Gasteiger charge is -2.44. The monoisotopic (exact) mass is 443 g/mol. The Morgan fingerprint density at radius 2 is 2.13 bits per heavy atom. The molecule has 160 valence electrons. The van der Waals surface area contributed by atoms with Crippen molar-refractivity contribution in [2.45, 2.75) is 25.1 Å². The van der Waals surface area contributed by atoms with Crippen LogP contribution in [0.15, 0.2) is 24.4 Å². The van der Waals surface area contributed by atoms with Gasteiger partial charge in [0, 0.05) is 25.9 Å². The Bertz CT molecular complexity index is 1170. The van der Waals surface area contributed by atoms with E-state index < -0.39 is 11.7 Å². The number of aromatic nitrogens is 5. The molecule has 1 fully saturated rings. The van der Waals surface area contributed by atoms with Crippen LogP contribution in [0.2, 0.25) is 0 Å². The second-order valence-corrected chi connectivity index (χ2v) is 8.24. The van der Waals surface area contributed by atoms with Gasteiger partial charge in [-0.25, -0.2) is 4.98 Å². The van der Waals surface area contributed by atoms with Gasteiger partial charge in [0.25, 0.3) is 5.91 Å². The van der Waals surface area contributed by atoms with Gasteiger partial charge in [-0.05, 0) is 17.3 Å². The van der Waals surface area contributed by atoms with E-state index in [0.29, 0.717) is 42.4 Å². The van der Waals surface area contributed by atoms with E-state index in [2.05, 4.69) is 30.6 Å². The lowest BCUT2D eigenvalue weighted by Crippen LogP contribution is -2.61. The van der Waals surface area contributed by atoms with Crippen LogP contribution in [-0.4, -0.2) is 66.1 Å². The zero-order valence-electron chi connectivity index (χ0n) is 16.1. The van der Waals surface area contributed by atoms with Crippen LogP contribution in [0.1, 0.15) is 23.2 Å². The minimum Gasteiger partial charge on any atom is -0.507 e. The third-order valence-corrected chi connectivity index (χ3v) is 6.22. The van der Waals surface area contributed by atoms with Crippen molar-refractivity contribution in [3.05, 3.63) is 30.0 Å². The van der Waals surface area contributed by atoms with Crippen LogP contribution < -0.4 is 15.0 Å². The van der Waals surface area contributed by atoms with E-state index in [1.165, 1.54) is 17.4 Å². The molecule has 31 heavy (non-hydrogen) atoms. The molecule has 0 saturated carbocycles. The van der Waals surface area contributed by atoms with Crippen molar-refractivity contribution in [2.75, 3.05) is 18.0 Å². The number of ether oxygens (including phenoxy) is 1. The summed E-state index contributed by atoms with van der Waals surface area (Å²) in [4.78, 5) is 31.5. The highest BCUT2D eigenvalue weighted by Gasteiger charge is 2.43. The SMILES string of the molecule is O=C(O)Cn1nnc(-c2cnc(N3CCC4(CC3)NC(=O)c3c(O)cccc3O4)s2)n1. The van der Waals surface area contributed by atoms with Crippen LogP contribution in [0.5, 0.6) is 11.5 Å².